The summed E-state index contributed by atoms with van der Waals surface area (Å²) in [6.07, 6.45) is 4.69. The van der Waals surface area contributed by atoms with Gasteiger partial charge >= 0.3 is 0 Å². The van der Waals surface area contributed by atoms with E-state index in [2.05, 4.69) is 66.7 Å². The third-order valence-electron chi connectivity index (χ3n) is 3.84. The zero-order chi connectivity index (χ0) is 13.6. The minimum Gasteiger partial charge on any atom is -0.381 e. The fourth-order valence-electron chi connectivity index (χ4n) is 2.71. The Morgan fingerprint density at radius 1 is 0.800 bits per heavy atom. The van der Waals surface area contributed by atoms with Crippen molar-refractivity contribution in [3.8, 4) is 0 Å². The lowest BCUT2D eigenvalue weighted by Crippen LogP contribution is -2.14. The molecule has 0 aliphatic carbocycles. The highest BCUT2D eigenvalue weighted by Crippen LogP contribution is 2.28. The topological polar surface area (TPSA) is 9.23 Å². The lowest BCUT2D eigenvalue weighted by Gasteiger charge is -2.21. The highest BCUT2D eigenvalue weighted by Gasteiger charge is 2.14. The molecule has 3 rings (SSSR count). The smallest absolute Gasteiger partial charge is 0.0471 e. The zero-order valence-corrected chi connectivity index (χ0v) is 11.7. The van der Waals surface area contributed by atoms with Crippen molar-refractivity contribution in [1.82, 2.24) is 0 Å². The molecule has 0 bridgehead atoms. The molecule has 0 aromatic heterocycles. The molecular formula is C19H20O. The first-order valence-corrected chi connectivity index (χ1v) is 7.34. The van der Waals surface area contributed by atoms with E-state index in [1.54, 1.807) is 0 Å². The summed E-state index contributed by atoms with van der Waals surface area (Å²) in [5, 5.41) is 0. The third-order valence-corrected chi connectivity index (χ3v) is 3.84. The van der Waals surface area contributed by atoms with Gasteiger partial charge in [0.05, 0.1) is 0 Å². The van der Waals surface area contributed by atoms with Gasteiger partial charge in [-0.3, -0.25) is 0 Å². The van der Waals surface area contributed by atoms with Gasteiger partial charge in [0.1, 0.15) is 0 Å². The van der Waals surface area contributed by atoms with Crippen LogP contribution in [0, 0.1) is 5.92 Å². The molecule has 0 unspecified atom stereocenters. The molecule has 1 fully saturated rings. The van der Waals surface area contributed by atoms with Gasteiger partial charge < -0.3 is 4.74 Å². The van der Waals surface area contributed by atoms with E-state index in [1.165, 1.54) is 16.7 Å². The molecule has 1 nitrogen and oxygen atoms in total. The van der Waals surface area contributed by atoms with Crippen molar-refractivity contribution >= 4 is 5.57 Å². The second-order valence-corrected chi connectivity index (χ2v) is 5.26. The van der Waals surface area contributed by atoms with Crippen LogP contribution < -0.4 is 0 Å². The Bertz CT molecular complexity index is 509. The summed E-state index contributed by atoms with van der Waals surface area (Å²) in [7, 11) is 0. The number of hydrogen-bond donors (Lipinski definition) is 0. The fourth-order valence-corrected chi connectivity index (χ4v) is 2.71. The van der Waals surface area contributed by atoms with Gasteiger partial charge in [-0.2, -0.15) is 0 Å². The molecule has 0 N–H and O–H groups in total. The standard InChI is InChI=1S/C19H20O/c1-3-7-17(8-4-1)19(18-9-5-2-6-10-18)15-16-11-13-20-14-12-16/h1-10,15-16H,11-14H2. The Labute approximate surface area is 120 Å². The summed E-state index contributed by atoms with van der Waals surface area (Å²) in [4.78, 5) is 0. The van der Waals surface area contributed by atoms with Gasteiger partial charge in [-0.25, -0.2) is 0 Å². The maximum Gasteiger partial charge on any atom is 0.0471 e. The molecule has 20 heavy (non-hydrogen) atoms. The third kappa shape index (κ3) is 3.17. The van der Waals surface area contributed by atoms with Crippen LogP contribution in [0.15, 0.2) is 66.7 Å². The Balaban J connectivity index is 1.97. The van der Waals surface area contributed by atoms with Gasteiger partial charge in [-0.15, -0.1) is 0 Å². The van der Waals surface area contributed by atoms with Crippen LogP contribution in [-0.2, 0) is 4.74 Å². The summed E-state index contributed by atoms with van der Waals surface area (Å²) < 4.78 is 5.46. The van der Waals surface area contributed by atoms with Crippen LogP contribution in [0.1, 0.15) is 24.0 Å². The number of ether oxygens (including phenoxy) is 1. The van der Waals surface area contributed by atoms with Crippen molar-refractivity contribution in [3.05, 3.63) is 77.9 Å². The van der Waals surface area contributed by atoms with Gasteiger partial charge in [-0.1, -0.05) is 66.7 Å². The Hall–Kier alpha value is -1.86. The molecule has 1 aliphatic rings. The first-order chi connectivity index (χ1) is 9.93. The molecule has 1 aliphatic heterocycles. The van der Waals surface area contributed by atoms with E-state index in [-0.39, 0.29) is 0 Å². The quantitative estimate of drug-likeness (QED) is 0.790. The first-order valence-electron chi connectivity index (χ1n) is 7.34. The van der Waals surface area contributed by atoms with Crippen LogP contribution in [0.2, 0.25) is 0 Å². The molecular weight excluding hydrogens is 244 g/mol. The van der Waals surface area contributed by atoms with Gasteiger partial charge in [0.15, 0.2) is 0 Å². The van der Waals surface area contributed by atoms with E-state index < -0.39 is 0 Å². The van der Waals surface area contributed by atoms with Gasteiger partial charge in [0, 0.05) is 13.2 Å². The van der Waals surface area contributed by atoms with Crippen LogP contribution in [0.25, 0.3) is 5.57 Å². The van der Waals surface area contributed by atoms with E-state index >= 15 is 0 Å². The minimum absolute atomic E-state index is 0.624. The second-order valence-electron chi connectivity index (χ2n) is 5.26. The molecule has 0 amide bonds. The summed E-state index contributed by atoms with van der Waals surface area (Å²) in [5.74, 6) is 0.624. The summed E-state index contributed by atoms with van der Waals surface area (Å²) in [5.41, 5.74) is 3.94. The largest absolute Gasteiger partial charge is 0.381 e. The van der Waals surface area contributed by atoms with Crippen molar-refractivity contribution in [3.63, 3.8) is 0 Å². The van der Waals surface area contributed by atoms with E-state index in [9.17, 15) is 0 Å². The van der Waals surface area contributed by atoms with Gasteiger partial charge in [0.2, 0.25) is 0 Å². The molecule has 2 aromatic rings. The molecule has 2 aromatic carbocycles. The van der Waals surface area contributed by atoms with Gasteiger partial charge in [-0.05, 0) is 35.5 Å². The van der Waals surface area contributed by atoms with Crippen LogP contribution >= 0.6 is 0 Å². The molecule has 0 spiro atoms. The number of rotatable bonds is 3. The van der Waals surface area contributed by atoms with Crippen molar-refractivity contribution in [2.75, 3.05) is 13.2 Å². The predicted octanol–water partition coefficient (Wildman–Crippen LogP) is 4.54. The Kier molecular flexibility index (Phi) is 4.29. The maximum atomic E-state index is 5.46. The van der Waals surface area contributed by atoms with E-state index in [0.717, 1.165) is 26.1 Å². The van der Waals surface area contributed by atoms with Gasteiger partial charge in [0.25, 0.3) is 0 Å². The average molecular weight is 264 g/mol. The summed E-state index contributed by atoms with van der Waals surface area (Å²) in [6, 6.07) is 21.3. The molecule has 0 saturated carbocycles. The SMILES string of the molecule is C(=C(c1ccccc1)c1ccccc1)C1CCOCC1. The number of hydrogen-bond acceptors (Lipinski definition) is 1. The van der Waals surface area contributed by atoms with Crippen molar-refractivity contribution in [2.24, 2.45) is 5.92 Å². The molecule has 0 atom stereocenters. The van der Waals surface area contributed by atoms with Crippen LogP contribution in [0.5, 0.6) is 0 Å². The summed E-state index contributed by atoms with van der Waals surface area (Å²) >= 11 is 0. The van der Waals surface area contributed by atoms with E-state index in [0.29, 0.717) is 5.92 Å². The Morgan fingerprint density at radius 2 is 1.30 bits per heavy atom. The lowest BCUT2D eigenvalue weighted by atomic mass is 9.91. The lowest BCUT2D eigenvalue weighted by molar-refractivity contribution is 0.0786. The van der Waals surface area contributed by atoms with Crippen LogP contribution in [0.4, 0.5) is 0 Å². The molecule has 1 heterocycles. The van der Waals surface area contributed by atoms with Crippen molar-refractivity contribution in [1.29, 1.82) is 0 Å². The Morgan fingerprint density at radius 3 is 1.80 bits per heavy atom. The normalized spacial score (nSPS) is 15.8. The fraction of sp³-hybridized carbons (Fsp3) is 0.263. The van der Waals surface area contributed by atoms with Crippen molar-refractivity contribution < 1.29 is 4.74 Å². The zero-order valence-electron chi connectivity index (χ0n) is 11.7. The predicted molar refractivity (Wildman–Crippen MR) is 83.5 cm³/mol. The minimum atomic E-state index is 0.624. The first kappa shape index (κ1) is 13.1. The maximum absolute atomic E-state index is 5.46. The van der Waals surface area contributed by atoms with E-state index in [4.69, 9.17) is 4.74 Å². The molecule has 1 saturated heterocycles. The van der Waals surface area contributed by atoms with Crippen LogP contribution in [0.3, 0.4) is 0 Å². The monoisotopic (exact) mass is 264 g/mol. The second kappa shape index (κ2) is 6.53. The highest BCUT2D eigenvalue weighted by molar-refractivity contribution is 5.79. The molecule has 1 heteroatoms. The van der Waals surface area contributed by atoms with Crippen LogP contribution in [-0.4, -0.2) is 13.2 Å². The summed E-state index contributed by atoms with van der Waals surface area (Å²) in [6.45, 7) is 1.77. The average Bonchev–Trinajstić information content (AvgIpc) is 2.55. The van der Waals surface area contributed by atoms with Crippen molar-refractivity contribution in [2.45, 2.75) is 12.8 Å². The molecule has 0 radical (unpaired) electrons. The highest BCUT2D eigenvalue weighted by atomic mass is 16.5. The number of allylic oxidation sites excluding steroid dienone is 1. The molecule has 102 valence electrons. The number of benzene rings is 2. The van der Waals surface area contributed by atoms with E-state index in [1.807, 2.05) is 0 Å².